The van der Waals surface area contributed by atoms with Crippen LogP contribution in [0, 0.1) is 23.7 Å². The summed E-state index contributed by atoms with van der Waals surface area (Å²) in [6.45, 7) is 4.15. The monoisotopic (exact) mass is 325 g/mol. The van der Waals surface area contributed by atoms with Gasteiger partial charge in [-0.05, 0) is 51.4 Å². The minimum atomic E-state index is -0.346. The van der Waals surface area contributed by atoms with Crippen LogP contribution in [0.15, 0.2) is 0 Å². The Hall–Kier alpha value is -1.30. The molecule has 1 heterocycles. The van der Waals surface area contributed by atoms with Crippen LogP contribution in [0.5, 0.6) is 0 Å². The first-order chi connectivity index (χ1) is 11.0. The van der Waals surface area contributed by atoms with Gasteiger partial charge in [-0.25, -0.2) is 4.79 Å². The van der Waals surface area contributed by atoms with E-state index in [9.17, 15) is 9.59 Å². The highest BCUT2D eigenvalue weighted by molar-refractivity contribution is 5.75. The summed E-state index contributed by atoms with van der Waals surface area (Å²) in [5.74, 6) is 0.863. The maximum absolute atomic E-state index is 12.1. The van der Waals surface area contributed by atoms with Gasteiger partial charge in [0, 0.05) is 19.1 Å². The van der Waals surface area contributed by atoms with Gasteiger partial charge in [0.1, 0.15) is 6.10 Å². The number of cyclic esters (lactones) is 1. The first-order valence-electron chi connectivity index (χ1n) is 8.71. The van der Waals surface area contributed by atoms with E-state index in [0.717, 1.165) is 25.7 Å². The van der Waals surface area contributed by atoms with Crippen molar-refractivity contribution < 1.29 is 23.8 Å². The molecule has 2 aliphatic carbocycles. The van der Waals surface area contributed by atoms with E-state index in [-0.39, 0.29) is 42.1 Å². The Morgan fingerprint density at radius 1 is 1.35 bits per heavy atom. The van der Waals surface area contributed by atoms with Gasteiger partial charge in [0.05, 0.1) is 18.6 Å². The van der Waals surface area contributed by atoms with Gasteiger partial charge in [0.15, 0.2) is 0 Å². The van der Waals surface area contributed by atoms with E-state index in [1.807, 2.05) is 6.92 Å². The number of nitrogens with one attached hydrogen (secondary N) is 1. The molecule has 0 spiro atoms. The van der Waals surface area contributed by atoms with Crippen LogP contribution in [-0.2, 0) is 19.0 Å². The van der Waals surface area contributed by atoms with E-state index in [4.69, 9.17) is 14.2 Å². The molecule has 1 N–H and O–H groups in total. The lowest BCUT2D eigenvalue weighted by Gasteiger charge is -2.47. The summed E-state index contributed by atoms with van der Waals surface area (Å²) in [4.78, 5) is 23.8. The summed E-state index contributed by atoms with van der Waals surface area (Å²) < 4.78 is 16.2. The van der Waals surface area contributed by atoms with E-state index in [2.05, 4.69) is 5.32 Å². The molecule has 23 heavy (non-hydrogen) atoms. The van der Waals surface area contributed by atoms with E-state index in [1.165, 1.54) is 0 Å². The molecular weight excluding hydrogens is 298 g/mol. The van der Waals surface area contributed by atoms with Crippen LogP contribution < -0.4 is 5.32 Å². The van der Waals surface area contributed by atoms with Crippen molar-refractivity contribution in [3.8, 4) is 0 Å². The Balaban J connectivity index is 1.69. The molecule has 130 valence electrons. The molecular formula is C17H27NO5. The zero-order valence-electron chi connectivity index (χ0n) is 14.1. The number of alkyl carbamates (subject to hydrolysis) is 1. The fourth-order valence-electron chi connectivity index (χ4n) is 4.99. The summed E-state index contributed by atoms with van der Waals surface area (Å²) >= 11 is 0. The second kappa shape index (κ2) is 6.67. The maximum Gasteiger partial charge on any atom is 0.407 e. The number of fused-ring (bicyclic) bond motifs is 2. The quantitative estimate of drug-likeness (QED) is 0.805. The predicted molar refractivity (Wildman–Crippen MR) is 82.7 cm³/mol. The van der Waals surface area contributed by atoms with Gasteiger partial charge in [-0.2, -0.15) is 0 Å². The largest absolute Gasteiger partial charge is 0.462 e. The van der Waals surface area contributed by atoms with Crippen LogP contribution in [0.4, 0.5) is 4.79 Å². The summed E-state index contributed by atoms with van der Waals surface area (Å²) in [5, 5.41) is 2.95. The highest BCUT2D eigenvalue weighted by Gasteiger charge is 2.55. The lowest BCUT2D eigenvalue weighted by molar-refractivity contribution is -0.144. The molecule has 1 aliphatic heterocycles. The molecule has 0 bridgehead atoms. The highest BCUT2D eigenvalue weighted by atomic mass is 16.6. The number of hydrogen-bond donors (Lipinski definition) is 1. The lowest BCUT2D eigenvalue weighted by atomic mass is 9.60. The van der Waals surface area contributed by atoms with Gasteiger partial charge >= 0.3 is 12.1 Å². The molecule has 0 radical (unpaired) electrons. The van der Waals surface area contributed by atoms with Crippen molar-refractivity contribution in [1.29, 1.82) is 0 Å². The van der Waals surface area contributed by atoms with Crippen LogP contribution >= 0.6 is 0 Å². The van der Waals surface area contributed by atoms with Crippen LogP contribution in [0.2, 0.25) is 0 Å². The number of hydrogen-bond acceptors (Lipinski definition) is 5. The molecule has 6 heteroatoms. The number of carbonyl (C=O) groups excluding carboxylic acids is 2. The number of rotatable bonds is 3. The molecule has 0 unspecified atom stereocenters. The Bertz CT molecular complexity index is 468. The molecule has 0 aromatic heterocycles. The molecule has 0 aromatic carbocycles. The fourth-order valence-corrected chi connectivity index (χ4v) is 4.99. The van der Waals surface area contributed by atoms with E-state index in [0.29, 0.717) is 18.4 Å². The minimum absolute atomic E-state index is 0.0578. The molecule has 3 fully saturated rings. The van der Waals surface area contributed by atoms with Gasteiger partial charge in [-0.15, -0.1) is 0 Å². The number of ether oxygens (including phenoxy) is 3. The Labute approximate surface area is 137 Å². The van der Waals surface area contributed by atoms with Gasteiger partial charge in [0.25, 0.3) is 0 Å². The number of carbonyl (C=O) groups is 2. The maximum atomic E-state index is 12.1. The summed E-state index contributed by atoms with van der Waals surface area (Å²) in [6, 6.07) is 0.124. The number of amides is 1. The topological polar surface area (TPSA) is 73.9 Å². The van der Waals surface area contributed by atoms with Crippen LogP contribution in [-0.4, -0.2) is 44.0 Å². The smallest absolute Gasteiger partial charge is 0.407 e. The van der Waals surface area contributed by atoms with Crippen molar-refractivity contribution in [2.24, 2.45) is 23.7 Å². The second-order valence-electron chi connectivity index (χ2n) is 7.06. The van der Waals surface area contributed by atoms with E-state index < -0.39 is 0 Å². The average Bonchev–Trinajstić information content (AvgIpc) is 2.79. The minimum Gasteiger partial charge on any atom is -0.462 e. The molecule has 3 aliphatic rings. The number of methoxy groups -OCH3 is 1. The van der Waals surface area contributed by atoms with Gasteiger partial charge in [0.2, 0.25) is 0 Å². The van der Waals surface area contributed by atoms with Gasteiger partial charge < -0.3 is 19.5 Å². The highest BCUT2D eigenvalue weighted by Crippen LogP contribution is 2.50. The molecule has 1 saturated heterocycles. The predicted octanol–water partition coefficient (Wildman–Crippen LogP) is 2.11. The molecule has 1 amide bonds. The Morgan fingerprint density at radius 3 is 2.83 bits per heavy atom. The molecule has 3 rings (SSSR count). The van der Waals surface area contributed by atoms with E-state index >= 15 is 0 Å². The van der Waals surface area contributed by atoms with Crippen molar-refractivity contribution >= 4 is 12.1 Å². The fraction of sp³-hybridized carbons (Fsp3) is 0.882. The first-order valence-corrected chi connectivity index (χ1v) is 8.71. The number of esters is 1. The van der Waals surface area contributed by atoms with Gasteiger partial charge in [-0.3, -0.25) is 4.79 Å². The van der Waals surface area contributed by atoms with E-state index in [1.54, 1.807) is 14.0 Å². The standard InChI is InChI=1S/C17H27NO5/c1-4-22-17(20)18-11-5-6-12-10(7-11)8-13-14(15(12)21-3)9(2)23-16(13)19/h9-15H,4-8H2,1-3H3,(H,18,20)/t9-,10+,11-,12-,13-,14-,15+/m1/s1. The average molecular weight is 325 g/mol. The molecule has 7 atom stereocenters. The zero-order chi connectivity index (χ0) is 16.6. The summed E-state index contributed by atoms with van der Waals surface area (Å²) in [7, 11) is 1.74. The lowest BCUT2D eigenvalue weighted by Crippen LogP contribution is -2.51. The molecule has 2 saturated carbocycles. The second-order valence-corrected chi connectivity index (χ2v) is 7.06. The SMILES string of the molecule is CCOC(=O)N[C@@H]1CC[C@@H]2[C@@H](C1)C[C@H]1C(=O)O[C@H](C)[C@H]1[C@H]2OC. The van der Waals surface area contributed by atoms with Crippen molar-refractivity contribution in [2.45, 2.75) is 57.8 Å². The summed E-state index contributed by atoms with van der Waals surface area (Å²) in [5.41, 5.74) is 0. The third-order valence-electron chi connectivity index (χ3n) is 5.88. The third kappa shape index (κ3) is 3.05. The van der Waals surface area contributed by atoms with Crippen LogP contribution in [0.3, 0.4) is 0 Å². The Kier molecular flexibility index (Phi) is 4.80. The summed E-state index contributed by atoms with van der Waals surface area (Å²) in [6.07, 6.45) is 3.33. The molecule has 6 nitrogen and oxygen atoms in total. The van der Waals surface area contributed by atoms with Crippen LogP contribution in [0.1, 0.15) is 39.5 Å². The molecule has 0 aromatic rings. The van der Waals surface area contributed by atoms with Crippen LogP contribution in [0.25, 0.3) is 0 Å². The van der Waals surface area contributed by atoms with Crippen molar-refractivity contribution in [2.75, 3.05) is 13.7 Å². The Morgan fingerprint density at radius 2 is 2.13 bits per heavy atom. The van der Waals surface area contributed by atoms with Crippen molar-refractivity contribution in [1.82, 2.24) is 5.32 Å². The van der Waals surface area contributed by atoms with Gasteiger partial charge in [-0.1, -0.05) is 0 Å². The van der Waals surface area contributed by atoms with Crippen molar-refractivity contribution in [3.05, 3.63) is 0 Å². The van der Waals surface area contributed by atoms with Crippen molar-refractivity contribution in [3.63, 3.8) is 0 Å². The normalized spacial score (nSPS) is 42.4. The zero-order valence-corrected chi connectivity index (χ0v) is 14.1. The first kappa shape index (κ1) is 16.6. The third-order valence-corrected chi connectivity index (χ3v) is 5.88.